The number of rotatable bonds is 2. The maximum Gasteiger partial charge on any atom is 0.213 e. The topological polar surface area (TPSA) is 34.5 Å². The van der Waals surface area contributed by atoms with E-state index >= 15 is 0 Å². The molecule has 0 N–H and O–H groups in total. The first-order valence-electron chi connectivity index (χ1n) is 3.35. The van der Waals surface area contributed by atoms with Gasteiger partial charge in [0.05, 0.1) is 19.0 Å². The Morgan fingerprint density at radius 1 is 1.55 bits per heavy atom. The minimum absolute atomic E-state index is 0.611. The van der Waals surface area contributed by atoms with Crippen LogP contribution >= 0.6 is 0 Å². The Balaban J connectivity index is 2.82. The summed E-state index contributed by atoms with van der Waals surface area (Å²) in [7, 11) is 1.59. The van der Waals surface area contributed by atoms with Crippen LogP contribution in [0.5, 0.6) is 5.88 Å². The zero-order valence-electron chi connectivity index (χ0n) is 6.61. The lowest BCUT2D eigenvalue weighted by Gasteiger charge is -1.96. The molecule has 0 saturated heterocycles. The van der Waals surface area contributed by atoms with Gasteiger partial charge in [0.25, 0.3) is 0 Å². The van der Waals surface area contributed by atoms with Crippen LogP contribution in [0.1, 0.15) is 6.92 Å². The molecule has 1 heterocycles. The number of methoxy groups -OCH3 is 1. The number of ether oxygens (including phenoxy) is 1. The van der Waals surface area contributed by atoms with Gasteiger partial charge in [0, 0.05) is 12.3 Å². The van der Waals surface area contributed by atoms with Crippen LogP contribution < -0.4 is 4.74 Å². The van der Waals surface area contributed by atoms with E-state index in [9.17, 15) is 0 Å². The highest BCUT2D eigenvalue weighted by molar-refractivity contribution is 5.59. The molecule has 0 atom stereocenters. The highest BCUT2D eigenvalue weighted by Crippen LogP contribution is 2.12. The second kappa shape index (κ2) is 3.71. The van der Waals surface area contributed by atoms with E-state index in [-0.39, 0.29) is 0 Å². The van der Waals surface area contributed by atoms with E-state index in [0.717, 1.165) is 5.69 Å². The number of pyridine rings is 1. The van der Waals surface area contributed by atoms with Crippen molar-refractivity contribution in [3.63, 3.8) is 0 Å². The van der Waals surface area contributed by atoms with E-state index in [1.165, 1.54) is 0 Å². The monoisotopic (exact) mass is 150 g/mol. The van der Waals surface area contributed by atoms with E-state index in [4.69, 9.17) is 4.74 Å². The van der Waals surface area contributed by atoms with Gasteiger partial charge in [0.1, 0.15) is 0 Å². The molecule has 11 heavy (non-hydrogen) atoms. The van der Waals surface area contributed by atoms with Crippen LogP contribution in [0.25, 0.3) is 0 Å². The first-order valence-corrected chi connectivity index (χ1v) is 3.35. The minimum Gasteiger partial charge on any atom is -0.481 e. The van der Waals surface area contributed by atoms with Crippen molar-refractivity contribution in [2.75, 3.05) is 7.11 Å². The van der Waals surface area contributed by atoms with Gasteiger partial charge in [-0.2, -0.15) is 0 Å². The summed E-state index contributed by atoms with van der Waals surface area (Å²) in [6.45, 7) is 1.87. The van der Waals surface area contributed by atoms with Crippen molar-refractivity contribution in [2.45, 2.75) is 6.92 Å². The second-order valence-corrected chi connectivity index (χ2v) is 1.95. The molecule has 0 aromatic carbocycles. The summed E-state index contributed by atoms with van der Waals surface area (Å²) >= 11 is 0. The lowest BCUT2D eigenvalue weighted by molar-refractivity contribution is 0.398. The number of aromatic nitrogens is 1. The summed E-state index contributed by atoms with van der Waals surface area (Å²) in [5.74, 6) is 0.611. The molecule has 1 rings (SSSR count). The Morgan fingerprint density at radius 3 is 2.82 bits per heavy atom. The van der Waals surface area contributed by atoms with Gasteiger partial charge in [-0.3, -0.25) is 4.99 Å². The number of nitrogens with zero attached hydrogens (tertiary/aromatic N) is 2. The molecule has 0 bridgehead atoms. The van der Waals surface area contributed by atoms with Crippen molar-refractivity contribution in [1.82, 2.24) is 4.98 Å². The smallest absolute Gasteiger partial charge is 0.213 e. The van der Waals surface area contributed by atoms with Crippen molar-refractivity contribution in [2.24, 2.45) is 4.99 Å². The Labute approximate surface area is 65.8 Å². The van der Waals surface area contributed by atoms with Gasteiger partial charge in [0.2, 0.25) is 5.88 Å². The molecule has 0 saturated carbocycles. The molecule has 0 aliphatic heterocycles. The third-order valence-corrected chi connectivity index (χ3v) is 1.21. The highest BCUT2D eigenvalue weighted by Gasteiger charge is 1.90. The highest BCUT2D eigenvalue weighted by atomic mass is 16.5. The van der Waals surface area contributed by atoms with Crippen molar-refractivity contribution < 1.29 is 4.74 Å². The van der Waals surface area contributed by atoms with Crippen LogP contribution in [0, 0.1) is 0 Å². The normalized spacial score (nSPS) is 10.4. The van der Waals surface area contributed by atoms with Gasteiger partial charge in [-0.25, -0.2) is 4.98 Å². The summed E-state index contributed by atoms with van der Waals surface area (Å²) in [5.41, 5.74) is 0.841. The summed E-state index contributed by atoms with van der Waals surface area (Å²) in [6, 6.07) is 3.63. The molecule has 0 spiro atoms. The predicted octanol–water partition coefficient (Wildman–Crippen LogP) is 1.81. The van der Waals surface area contributed by atoms with Crippen LogP contribution in [0.4, 0.5) is 5.69 Å². The largest absolute Gasteiger partial charge is 0.481 e. The third kappa shape index (κ3) is 2.04. The molecule has 0 aliphatic carbocycles. The lowest BCUT2D eigenvalue weighted by Crippen LogP contribution is -1.84. The van der Waals surface area contributed by atoms with Crippen molar-refractivity contribution in [3.05, 3.63) is 18.3 Å². The molecule has 0 radical (unpaired) electrons. The molecular formula is C8H10N2O. The maximum atomic E-state index is 4.88. The van der Waals surface area contributed by atoms with Crippen LogP contribution in [-0.4, -0.2) is 18.3 Å². The van der Waals surface area contributed by atoms with Gasteiger partial charge in [0.15, 0.2) is 0 Å². The molecule has 0 fully saturated rings. The Kier molecular flexibility index (Phi) is 2.60. The number of hydrogen-bond acceptors (Lipinski definition) is 3. The van der Waals surface area contributed by atoms with E-state index in [0.29, 0.717) is 5.88 Å². The fourth-order valence-corrected chi connectivity index (χ4v) is 0.719. The van der Waals surface area contributed by atoms with Gasteiger partial charge in [-0.15, -0.1) is 0 Å². The molecule has 0 aliphatic rings. The average molecular weight is 150 g/mol. The van der Waals surface area contributed by atoms with Crippen LogP contribution in [0.15, 0.2) is 23.3 Å². The van der Waals surface area contributed by atoms with Crippen molar-refractivity contribution in [3.8, 4) is 5.88 Å². The molecule has 3 nitrogen and oxygen atoms in total. The van der Waals surface area contributed by atoms with Gasteiger partial charge in [-0.1, -0.05) is 0 Å². The molecule has 3 heteroatoms. The minimum atomic E-state index is 0.611. The van der Waals surface area contributed by atoms with Crippen LogP contribution in [0.3, 0.4) is 0 Å². The molecule has 58 valence electrons. The van der Waals surface area contributed by atoms with Crippen molar-refractivity contribution in [1.29, 1.82) is 0 Å². The quantitative estimate of drug-likeness (QED) is 0.602. The molecular weight excluding hydrogens is 140 g/mol. The fraction of sp³-hybridized carbons (Fsp3) is 0.250. The van der Waals surface area contributed by atoms with Crippen LogP contribution in [-0.2, 0) is 0 Å². The van der Waals surface area contributed by atoms with Gasteiger partial charge >= 0.3 is 0 Å². The van der Waals surface area contributed by atoms with Crippen LogP contribution in [0.2, 0.25) is 0 Å². The summed E-state index contributed by atoms with van der Waals surface area (Å²) < 4.78 is 4.88. The molecule has 1 aromatic heterocycles. The fourth-order valence-electron chi connectivity index (χ4n) is 0.719. The Bertz CT molecular complexity index is 241. The Morgan fingerprint density at radius 2 is 2.36 bits per heavy atom. The van der Waals surface area contributed by atoms with E-state index in [1.54, 1.807) is 25.6 Å². The zero-order valence-corrected chi connectivity index (χ0v) is 6.61. The maximum absolute atomic E-state index is 4.88. The van der Waals surface area contributed by atoms with Gasteiger partial charge < -0.3 is 4.74 Å². The SMILES string of the molecule is C/C=N\c1ccc(OC)nc1. The van der Waals surface area contributed by atoms with Gasteiger partial charge in [-0.05, 0) is 13.0 Å². The Hall–Kier alpha value is -1.38. The summed E-state index contributed by atoms with van der Waals surface area (Å²) in [4.78, 5) is 8.02. The first kappa shape index (κ1) is 7.72. The van der Waals surface area contributed by atoms with E-state index < -0.39 is 0 Å². The van der Waals surface area contributed by atoms with E-state index in [1.807, 2.05) is 13.0 Å². The predicted molar refractivity (Wildman–Crippen MR) is 44.6 cm³/mol. The second-order valence-electron chi connectivity index (χ2n) is 1.95. The van der Waals surface area contributed by atoms with Crippen molar-refractivity contribution >= 4 is 11.9 Å². The average Bonchev–Trinajstić information content (AvgIpc) is 2.07. The number of aliphatic imine (C=N–C) groups is 1. The van der Waals surface area contributed by atoms with E-state index in [2.05, 4.69) is 9.98 Å². The standard InChI is InChI=1S/C8H10N2O/c1-3-9-7-4-5-8(11-2)10-6-7/h3-6H,1-2H3/b9-3-. The molecule has 0 amide bonds. The molecule has 0 unspecified atom stereocenters. The zero-order chi connectivity index (χ0) is 8.10. The lowest BCUT2D eigenvalue weighted by atomic mass is 10.4. The number of hydrogen-bond donors (Lipinski definition) is 0. The third-order valence-electron chi connectivity index (χ3n) is 1.21. The first-order chi connectivity index (χ1) is 5.36. The summed E-state index contributed by atoms with van der Waals surface area (Å²) in [6.07, 6.45) is 3.39. The molecule has 1 aromatic rings. The summed E-state index contributed by atoms with van der Waals surface area (Å²) in [5, 5.41) is 0.